The Bertz CT molecular complexity index is 1150. The van der Waals surface area contributed by atoms with Crippen molar-refractivity contribution in [3.8, 4) is 0 Å². The van der Waals surface area contributed by atoms with Gasteiger partial charge in [-0.05, 0) is 23.8 Å². The van der Waals surface area contributed by atoms with Crippen LogP contribution in [0.15, 0.2) is 65.9 Å². The van der Waals surface area contributed by atoms with Crippen molar-refractivity contribution >= 4 is 40.1 Å². The van der Waals surface area contributed by atoms with Crippen LogP contribution < -0.4 is 10.3 Å². The van der Waals surface area contributed by atoms with E-state index in [1.165, 1.54) is 12.1 Å². The average Bonchev–Trinajstić information content (AvgIpc) is 3.21. The number of hydrogen-bond donors (Lipinski definition) is 2. The lowest BCUT2D eigenvalue weighted by Gasteiger charge is -2.24. The van der Waals surface area contributed by atoms with E-state index >= 15 is 0 Å². The number of carbonyl (C=O) groups excluding carboxylic acids is 3. The minimum absolute atomic E-state index is 0.159. The Kier molecular flexibility index (Phi) is 5.79. The molecule has 0 saturated carbocycles. The normalized spacial score (nSPS) is 14.8. The molecule has 2 aromatic carbocycles. The molecule has 8 nitrogen and oxygen atoms in total. The highest BCUT2D eigenvalue weighted by atomic mass is 16.5. The molecule has 0 radical (unpaired) electrons. The molecule has 2 amide bonds. The van der Waals surface area contributed by atoms with Gasteiger partial charge < -0.3 is 15.0 Å². The average molecular weight is 418 g/mol. The van der Waals surface area contributed by atoms with Gasteiger partial charge in [0.05, 0.1) is 12.8 Å². The largest absolute Gasteiger partial charge is 0.467 e. The SMILES string of the molecule is COC(=O)C(Cc1c[nH]c2ccccc12)NC(=O)C1=NN(c2ccccc2)C(=O)CC1. The summed E-state index contributed by atoms with van der Waals surface area (Å²) < 4.78 is 4.90. The van der Waals surface area contributed by atoms with Gasteiger partial charge >= 0.3 is 5.97 Å². The van der Waals surface area contributed by atoms with Crippen LogP contribution in [-0.2, 0) is 25.5 Å². The van der Waals surface area contributed by atoms with Crippen molar-refractivity contribution in [1.29, 1.82) is 0 Å². The number of para-hydroxylation sites is 2. The van der Waals surface area contributed by atoms with E-state index in [1.807, 2.05) is 36.5 Å². The molecule has 1 aliphatic rings. The number of esters is 1. The van der Waals surface area contributed by atoms with Crippen LogP contribution >= 0.6 is 0 Å². The summed E-state index contributed by atoms with van der Waals surface area (Å²) in [4.78, 5) is 40.7. The molecule has 0 saturated heterocycles. The minimum atomic E-state index is -0.887. The van der Waals surface area contributed by atoms with E-state index in [0.717, 1.165) is 16.5 Å². The number of fused-ring (bicyclic) bond motifs is 1. The lowest BCUT2D eigenvalue weighted by molar-refractivity contribution is -0.144. The van der Waals surface area contributed by atoms with Crippen molar-refractivity contribution in [1.82, 2.24) is 10.3 Å². The molecule has 1 atom stereocenters. The highest BCUT2D eigenvalue weighted by Crippen LogP contribution is 2.21. The zero-order valence-corrected chi connectivity index (χ0v) is 17.0. The third-order valence-corrected chi connectivity index (χ3v) is 5.19. The van der Waals surface area contributed by atoms with Crippen molar-refractivity contribution in [2.24, 2.45) is 5.10 Å². The summed E-state index contributed by atoms with van der Waals surface area (Å²) in [7, 11) is 1.28. The predicted octanol–water partition coefficient (Wildman–Crippen LogP) is 2.55. The lowest BCUT2D eigenvalue weighted by atomic mass is 10.0. The summed E-state index contributed by atoms with van der Waals surface area (Å²) >= 11 is 0. The fourth-order valence-corrected chi connectivity index (χ4v) is 3.59. The minimum Gasteiger partial charge on any atom is -0.467 e. The third kappa shape index (κ3) is 4.32. The van der Waals surface area contributed by atoms with E-state index in [-0.39, 0.29) is 30.9 Å². The second-order valence-corrected chi connectivity index (χ2v) is 7.20. The quantitative estimate of drug-likeness (QED) is 0.601. The number of methoxy groups -OCH3 is 1. The molecule has 1 aliphatic heterocycles. The van der Waals surface area contributed by atoms with Gasteiger partial charge in [-0.1, -0.05) is 36.4 Å². The van der Waals surface area contributed by atoms with E-state index in [1.54, 1.807) is 24.3 Å². The fraction of sp³-hybridized carbons (Fsp3) is 0.217. The number of amides is 2. The van der Waals surface area contributed by atoms with Crippen LogP contribution in [0.25, 0.3) is 10.9 Å². The molecule has 0 fully saturated rings. The maximum absolute atomic E-state index is 12.9. The molecule has 2 N–H and O–H groups in total. The number of benzene rings is 2. The van der Waals surface area contributed by atoms with Crippen LogP contribution in [0.2, 0.25) is 0 Å². The second-order valence-electron chi connectivity index (χ2n) is 7.20. The van der Waals surface area contributed by atoms with Crippen LogP contribution in [-0.4, -0.2) is 41.6 Å². The molecule has 4 rings (SSSR count). The van der Waals surface area contributed by atoms with Crippen LogP contribution in [0.3, 0.4) is 0 Å². The Balaban J connectivity index is 1.55. The highest BCUT2D eigenvalue weighted by Gasteiger charge is 2.29. The molecule has 0 aliphatic carbocycles. The van der Waals surface area contributed by atoms with E-state index in [2.05, 4.69) is 15.4 Å². The van der Waals surface area contributed by atoms with E-state index in [0.29, 0.717) is 5.69 Å². The summed E-state index contributed by atoms with van der Waals surface area (Å²) in [6, 6.07) is 15.8. The van der Waals surface area contributed by atoms with Crippen LogP contribution in [0.4, 0.5) is 5.69 Å². The molecular formula is C23H22N4O4. The van der Waals surface area contributed by atoms with Gasteiger partial charge in [0, 0.05) is 36.4 Å². The number of hydrazone groups is 1. The number of carbonyl (C=O) groups is 3. The number of aromatic nitrogens is 1. The van der Waals surface area contributed by atoms with E-state index < -0.39 is 17.9 Å². The number of ether oxygens (including phenoxy) is 1. The van der Waals surface area contributed by atoms with Crippen LogP contribution in [0.1, 0.15) is 18.4 Å². The van der Waals surface area contributed by atoms with Crippen molar-refractivity contribution in [2.45, 2.75) is 25.3 Å². The monoisotopic (exact) mass is 418 g/mol. The smallest absolute Gasteiger partial charge is 0.328 e. The van der Waals surface area contributed by atoms with Crippen molar-refractivity contribution in [3.63, 3.8) is 0 Å². The summed E-state index contributed by atoms with van der Waals surface area (Å²) in [5.74, 6) is -1.24. The molecule has 0 spiro atoms. The van der Waals surface area contributed by atoms with Gasteiger partial charge in [0.2, 0.25) is 5.91 Å². The lowest BCUT2D eigenvalue weighted by Crippen LogP contribution is -2.47. The zero-order valence-electron chi connectivity index (χ0n) is 17.0. The highest BCUT2D eigenvalue weighted by molar-refractivity contribution is 6.40. The van der Waals surface area contributed by atoms with Gasteiger partial charge in [-0.25, -0.2) is 9.80 Å². The number of anilines is 1. The Hall–Kier alpha value is -3.94. The molecule has 0 bridgehead atoms. The van der Waals surface area contributed by atoms with E-state index in [4.69, 9.17) is 4.74 Å². The Labute approximate surface area is 178 Å². The molecule has 31 heavy (non-hydrogen) atoms. The fourth-order valence-electron chi connectivity index (χ4n) is 3.59. The first-order chi connectivity index (χ1) is 15.1. The molecule has 1 unspecified atom stereocenters. The van der Waals surface area contributed by atoms with Crippen molar-refractivity contribution < 1.29 is 19.1 Å². The number of H-pyrrole nitrogens is 1. The summed E-state index contributed by atoms with van der Waals surface area (Å²) in [5, 5.41) is 9.18. The van der Waals surface area contributed by atoms with Crippen molar-refractivity contribution in [3.05, 3.63) is 66.4 Å². The number of nitrogens with zero attached hydrogens (tertiary/aromatic N) is 2. The maximum Gasteiger partial charge on any atom is 0.328 e. The molecule has 1 aromatic heterocycles. The predicted molar refractivity (Wildman–Crippen MR) is 117 cm³/mol. The Morgan fingerprint density at radius 2 is 1.87 bits per heavy atom. The molecule has 2 heterocycles. The molecular weight excluding hydrogens is 396 g/mol. The van der Waals surface area contributed by atoms with Crippen molar-refractivity contribution in [2.75, 3.05) is 12.1 Å². The molecule has 3 aromatic rings. The van der Waals surface area contributed by atoms with E-state index in [9.17, 15) is 14.4 Å². The Morgan fingerprint density at radius 1 is 1.13 bits per heavy atom. The number of aromatic amines is 1. The summed E-state index contributed by atoms with van der Waals surface area (Å²) in [6.45, 7) is 0. The van der Waals surface area contributed by atoms with Crippen LogP contribution in [0, 0.1) is 0 Å². The second kappa shape index (κ2) is 8.83. The van der Waals surface area contributed by atoms with Gasteiger partial charge in [-0.15, -0.1) is 0 Å². The standard InChI is InChI=1S/C23H22N4O4/c1-31-23(30)20(13-15-14-24-18-10-6-5-9-17(15)18)25-22(29)19-11-12-21(28)27(26-19)16-7-3-2-4-8-16/h2-10,14,20,24H,11-13H2,1H3,(H,25,29). The third-order valence-electron chi connectivity index (χ3n) is 5.19. The summed E-state index contributed by atoms with van der Waals surface area (Å²) in [6.07, 6.45) is 2.44. The van der Waals surface area contributed by atoms with Crippen LogP contribution in [0.5, 0.6) is 0 Å². The number of hydrogen-bond acceptors (Lipinski definition) is 5. The van der Waals surface area contributed by atoms with Gasteiger partial charge in [-0.2, -0.15) is 5.10 Å². The van der Waals surface area contributed by atoms with Gasteiger partial charge in [0.1, 0.15) is 11.8 Å². The number of rotatable bonds is 6. The Morgan fingerprint density at radius 3 is 2.65 bits per heavy atom. The maximum atomic E-state index is 12.9. The van der Waals surface area contributed by atoms with Gasteiger partial charge in [-0.3, -0.25) is 9.59 Å². The molecule has 158 valence electrons. The van der Waals surface area contributed by atoms with Gasteiger partial charge in [0.25, 0.3) is 5.91 Å². The first kappa shape index (κ1) is 20.3. The first-order valence-electron chi connectivity index (χ1n) is 9.96. The first-order valence-corrected chi connectivity index (χ1v) is 9.96. The van der Waals surface area contributed by atoms with Gasteiger partial charge in [0.15, 0.2) is 0 Å². The zero-order chi connectivity index (χ0) is 21.8. The molecule has 8 heteroatoms. The summed E-state index contributed by atoms with van der Waals surface area (Å²) in [5.41, 5.74) is 2.61. The number of nitrogens with one attached hydrogen (secondary N) is 2. The topological polar surface area (TPSA) is 104 Å².